The molecule has 0 saturated carbocycles. The van der Waals surface area contributed by atoms with Crippen molar-refractivity contribution in [2.45, 2.75) is 27.2 Å². The van der Waals surface area contributed by atoms with Crippen LogP contribution < -0.4 is 4.74 Å². The van der Waals surface area contributed by atoms with Crippen LogP contribution in [0.15, 0.2) is 0 Å². The normalized spacial score (nSPS) is 11.1. The number of rotatable bonds is 5. The molecule has 0 heterocycles. The Morgan fingerprint density at radius 2 is 1.78 bits per heavy atom. The highest BCUT2D eigenvalue weighted by atomic mass is 79.9. The summed E-state index contributed by atoms with van der Waals surface area (Å²) in [5.41, 5.74) is 5.48. The number of hydrogen-bond donors (Lipinski definition) is 0. The molecule has 0 unspecified atom stereocenters. The van der Waals surface area contributed by atoms with Gasteiger partial charge in [0.2, 0.25) is 0 Å². The summed E-state index contributed by atoms with van der Waals surface area (Å²) in [6.45, 7) is 7.15. The summed E-state index contributed by atoms with van der Waals surface area (Å²) >= 11 is 9.84. The number of benzene rings is 1. The molecular weight excluding hydrogens is 314 g/mol. The van der Waals surface area contributed by atoms with Crippen molar-refractivity contribution in [2.24, 2.45) is 0 Å². The zero-order valence-corrected chi connectivity index (χ0v) is 14.1. The number of alkyl halides is 1. The van der Waals surface area contributed by atoms with Crippen LogP contribution in [-0.4, -0.2) is 31.1 Å². The first-order chi connectivity index (χ1) is 8.43. The van der Waals surface area contributed by atoms with E-state index < -0.39 is 0 Å². The van der Waals surface area contributed by atoms with Gasteiger partial charge in [-0.15, -0.1) is 0 Å². The standard InChI is InChI=1S/C14H21BrClNO/c1-9-10(2)14(18-5)12(11(3)13(9)16)6-7-17(4)8-15/h6-8H2,1-5H3. The third kappa shape index (κ3) is 3.19. The van der Waals surface area contributed by atoms with Gasteiger partial charge in [0.05, 0.1) is 12.6 Å². The Morgan fingerprint density at radius 1 is 1.17 bits per heavy atom. The molecule has 0 fully saturated rings. The molecule has 0 aliphatic heterocycles. The summed E-state index contributed by atoms with van der Waals surface area (Å²) in [4.78, 5) is 2.21. The molecule has 1 aromatic rings. The average Bonchev–Trinajstić information content (AvgIpc) is 2.38. The minimum atomic E-state index is 0.866. The predicted octanol–water partition coefficient (Wildman–Crippen LogP) is 4.10. The van der Waals surface area contributed by atoms with E-state index in [-0.39, 0.29) is 0 Å². The molecular formula is C14H21BrClNO. The molecule has 0 saturated heterocycles. The Labute approximate surface area is 123 Å². The number of hydrogen-bond acceptors (Lipinski definition) is 2. The van der Waals surface area contributed by atoms with Gasteiger partial charge in [-0.3, -0.25) is 4.90 Å². The topological polar surface area (TPSA) is 12.5 Å². The van der Waals surface area contributed by atoms with Gasteiger partial charge < -0.3 is 4.74 Å². The smallest absolute Gasteiger partial charge is 0.125 e. The number of likely N-dealkylation sites (N-methyl/N-ethyl adjacent to an activating group) is 1. The van der Waals surface area contributed by atoms with Gasteiger partial charge in [-0.25, -0.2) is 0 Å². The lowest BCUT2D eigenvalue weighted by atomic mass is 9.96. The molecule has 1 rings (SSSR count). The van der Waals surface area contributed by atoms with Gasteiger partial charge in [0.15, 0.2) is 0 Å². The van der Waals surface area contributed by atoms with Crippen LogP contribution in [-0.2, 0) is 6.42 Å². The molecule has 0 aromatic heterocycles. The third-order valence-corrected chi connectivity index (χ3v) is 4.86. The van der Waals surface area contributed by atoms with E-state index in [9.17, 15) is 0 Å². The molecule has 18 heavy (non-hydrogen) atoms. The fourth-order valence-corrected chi connectivity index (χ4v) is 2.59. The van der Waals surface area contributed by atoms with E-state index in [1.54, 1.807) is 7.11 Å². The van der Waals surface area contributed by atoms with E-state index in [0.29, 0.717) is 0 Å². The van der Waals surface area contributed by atoms with Gasteiger partial charge in [0, 0.05) is 17.1 Å². The molecule has 0 spiro atoms. The van der Waals surface area contributed by atoms with Crippen molar-refractivity contribution < 1.29 is 4.74 Å². The Kier molecular flexibility index (Phi) is 5.96. The lowest BCUT2D eigenvalue weighted by Gasteiger charge is -2.20. The SMILES string of the molecule is COc1c(C)c(C)c(Cl)c(C)c1CCN(C)CBr. The van der Waals surface area contributed by atoms with Crippen molar-refractivity contribution in [1.82, 2.24) is 4.90 Å². The summed E-state index contributed by atoms with van der Waals surface area (Å²) in [6.07, 6.45) is 0.942. The van der Waals surface area contributed by atoms with Gasteiger partial charge in [-0.1, -0.05) is 27.5 Å². The molecule has 0 bridgehead atoms. The number of methoxy groups -OCH3 is 1. The predicted molar refractivity (Wildman–Crippen MR) is 82.3 cm³/mol. The summed E-state index contributed by atoms with van der Waals surface area (Å²) in [5, 5.41) is 0.866. The van der Waals surface area contributed by atoms with E-state index in [4.69, 9.17) is 16.3 Å². The average molecular weight is 335 g/mol. The fraction of sp³-hybridized carbons (Fsp3) is 0.571. The Hall–Kier alpha value is -0.250. The maximum absolute atomic E-state index is 6.39. The minimum Gasteiger partial charge on any atom is -0.496 e. The molecule has 0 amide bonds. The summed E-state index contributed by atoms with van der Waals surface area (Å²) in [6, 6.07) is 0. The van der Waals surface area contributed by atoms with Gasteiger partial charge in [0.25, 0.3) is 0 Å². The molecule has 0 atom stereocenters. The van der Waals surface area contributed by atoms with E-state index in [2.05, 4.69) is 41.7 Å². The van der Waals surface area contributed by atoms with Gasteiger partial charge >= 0.3 is 0 Å². The Morgan fingerprint density at radius 3 is 2.28 bits per heavy atom. The fourth-order valence-electron chi connectivity index (χ4n) is 2.09. The van der Waals surface area contributed by atoms with Crippen molar-refractivity contribution in [3.63, 3.8) is 0 Å². The monoisotopic (exact) mass is 333 g/mol. The maximum Gasteiger partial charge on any atom is 0.125 e. The van der Waals surface area contributed by atoms with Crippen molar-refractivity contribution in [2.75, 3.05) is 26.2 Å². The van der Waals surface area contributed by atoms with Crippen molar-refractivity contribution in [3.05, 3.63) is 27.3 Å². The van der Waals surface area contributed by atoms with Crippen LogP contribution in [0.2, 0.25) is 5.02 Å². The molecule has 2 nitrogen and oxygen atoms in total. The first-order valence-corrected chi connectivity index (χ1v) is 7.50. The lowest BCUT2D eigenvalue weighted by Crippen LogP contribution is -2.20. The summed E-state index contributed by atoms with van der Waals surface area (Å²) in [5.74, 6) is 0.984. The molecule has 0 N–H and O–H groups in total. The highest BCUT2D eigenvalue weighted by molar-refractivity contribution is 9.09. The van der Waals surface area contributed by atoms with Crippen LogP contribution in [0.1, 0.15) is 22.3 Å². The number of ether oxygens (including phenoxy) is 1. The highest BCUT2D eigenvalue weighted by Gasteiger charge is 2.16. The maximum atomic E-state index is 6.39. The molecule has 0 aliphatic rings. The zero-order valence-electron chi connectivity index (χ0n) is 11.7. The molecule has 0 aliphatic carbocycles. The van der Waals surface area contributed by atoms with E-state index in [1.165, 1.54) is 5.56 Å². The van der Waals surface area contributed by atoms with Crippen LogP contribution >= 0.6 is 27.5 Å². The second-order valence-electron chi connectivity index (χ2n) is 4.65. The van der Waals surface area contributed by atoms with E-state index >= 15 is 0 Å². The second kappa shape index (κ2) is 6.78. The third-order valence-electron chi connectivity index (χ3n) is 3.44. The van der Waals surface area contributed by atoms with Gasteiger partial charge in [-0.05, 0) is 50.9 Å². The largest absolute Gasteiger partial charge is 0.496 e. The highest BCUT2D eigenvalue weighted by Crippen LogP contribution is 2.36. The molecule has 1 aromatic carbocycles. The quantitative estimate of drug-likeness (QED) is 0.594. The Balaban J connectivity index is 3.16. The van der Waals surface area contributed by atoms with Gasteiger partial charge in [-0.2, -0.15) is 0 Å². The zero-order chi connectivity index (χ0) is 13.9. The van der Waals surface area contributed by atoms with Crippen LogP contribution in [0, 0.1) is 20.8 Å². The van der Waals surface area contributed by atoms with Crippen LogP contribution in [0.5, 0.6) is 5.75 Å². The summed E-state index contributed by atoms with van der Waals surface area (Å²) < 4.78 is 5.57. The second-order valence-corrected chi connectivity index (χ2v) is 5.53. The van der Waals surface area contributed by atoms with Crippen LogP contribution in [0.25, 0.3) is 0 Å². The summed E-state index contributed by atoms with van der Waals surface area (Å²) in [7, 11) is 3.81. The van der Waals surface area contributed by atoms with Crippen molar-refractivity contribution in [3.8, 4) is 5.75 Å². The minimum absolute atomic E-state index is 0.866. The van der Waals surface area contributed by atoms with Crippen molar-refractivity contribution >= 4 is 27.5 Å². The van der Waals surface area contributed by atoms with E-state index in [0.717, 1.165) is 45.9 Å². The number of halogens is 2. The molecule has 0 radical (unpaired) electrons. The lowest BCUT2D eigenvalue weighted by molar-refractivity contribution is 0.383. The Bertz CT molecular complexity index is 435. The van der Waals surface area contributed by atoms with Crippen LogP contribution in [0.4, 0.5) is 0 Å². The number of nitrogens with zero attached hydrogens (tertiary/aromatic N) is 1. The first kappa shape index (κ1) is 15.8. The van der Waals surface area contributed by atoms with Crippen molar-refractivity contribution in [1.29, 1.82) is 0 Å². The van der Waals surface area contributed by atoms with E-state index in [1.807, 2.05) is 6.92 Å². The van der Waals surface area contributed by atoms with Crippen LogP contribution in [0.3, 0.4) is 0 Å². The van der Waals surface area contributed by atoms with Gasteiger partial charge in [0.1, 0.15) is 5.75 Å². The molecule has 4 heteroatoms. The first-order valence-electron chi connectivity index (χ1n) is 6.00. The molecule has 102 valence electrons.